The van der Waals surface area contributed by atoms with Crippen LogP contribution in [0.3, 0.4) is 0 Å². The minimum atomic E-state index is -0.395. The highest BCUT2D eigenvalue weighted by Gasteiger charge is 2.53. The largest absolute Gasteiger partial charge is 0.391 e. The molecular weight excluding hydrogens is 274 g/mol. The van der Waals surface area contributed by atoms with Crippen LogP contribution < -0.4 is 0 Å². The number of aliphatic hydroxyl groups excluding tert-OH is 1. The second kappa shape index (κ2) is 5.05. The van der Waals surface area contributed by atoms with Crippen molar-refractivity contribution in [2.45, 2.75) is 37.7 Å². The average Bonchev–Trinajstić information content (AvgIpc) is 3.23. The molecule has 1 saturated carbocycles. The Bertz CT molecular complexity index is 510. The van der Waals surface area contributed by atoms with Gasteiger partial charge in [-0.3, -0.25) is 4.79 Å². The van der Waals surface area contributed by atoms with Gasteiger partial charge >= 0.3 is 0 Å². The summed E-state index contributed by atoms with van der Waals surface area (Å²) < 4.78 is 0. The molecule has 1 N–H and O–H groups in total. The maximum absolute atomic E-state index is 12.8. The fraction of sp³-hybridized carbons (Fsp3) is 0.562. The molecular formula is C16H20ClNO2. The lowest BCUT2D eigenvalue weighted by Crippen LogP contribution is -2.49. The first kappa shape index (κ1) is 13.9. The third-order valence-corrected chi connectivity index (χ3v) is 5.01. The van der Waals surface area contributed by atoms with Gasteiger partial charge in [-0.25, -0.2) is 0 Å². The Morgan fingerprint density at radius 3 is 2.55 bits per heavy atom. The van der Waals surface area contributed by atoms with Gasteiger partial charge in [-0.05, 0) is 42.9 Å². The van der Waals surface area contributed by atoms with Gasteiger partial charge < -0.3 is 10.0 Å². The third-order valence-electron chi connectivity index (χ3n) is 4.76. The van der Waals surface area contributed by atoms with Crippen LogP contribution >= 0.6 is 11.6 Å². The molecule has 1 aromatic carbocycles. The van der Waals surface area contributed by atoms with E-state index >= 15 is 0 Å². The molecule has 1 aromatic rings. The van der Waals surface area contributed by atoms with Gasteiger partial charge in [0.05, 0.1) is 11.5 Å². The molecule has 2 unspecified atom stereocenters. The van der Waals surface area contributed by atoms with E-state index in [0.29, 0.717) is 11.6 Å². The van der Waals surface area contributed by atoms with Crippen LogP contribution in [-0.2, 0) is 10.2 Å². The van der Waals surface area contributed by atoms with Gasteiger partial charge in [0.2, 0.25) is 5.91 Å². The van der Waals surface area contributed by atoms with E-state index in [1.54, 1.807) is 0 Å². The first-order valence-electron chi connectivity index (χ1n) is 7.26. The van der Waals surface area contributed by atoms with Gasteiger partial charge in [-0.15, -0.1) is 0 Å². The molecule has 108 valence electrons. The molecule has 0 aromatic heterocycles. The van der Waals surface area contributed by atoms with E-state index in [1.807, 2.05) is 36.1 Å². The van der Waals surface area contributed by atoms with E-state index in [9.17, 15) is 9.90 Å². The topological polar surface area (TPSA) is 40.5 Å². The number of likely N-dealkylation sites (tertiary alicyclic amines) is 1. The van der Waals surface area contributed by atoms with Crippen LogP contribution in [-0.4, -0.2) is 35.1 Å². The van der Waals surface area contributed by atoms with Crippen LogP contribution in [0.2, 0.25) is 5.02 Å². The summed E-state index contributed by atoms with van der Waals surface area (Å²) in [7, 11) is 0. The number of piperidine rings is 1. The molecule has 2 aliphatic rings. The molecule has 1 saturated heterocycles. The molecule has 1 amide bonds. The fourth-order valence-corrected chi connectivity index (χ4v) is 3.18. The van der Waals surface area contributed by atoms with Gasteiger partial charge in [0.15, 0.2) is 0 Å². The Balaban J connectivity index is 1.78. The van der Waals surface area contributed by atoms with Gasteiger partial charge in [-0.2, -0.15) is 0 Å². The fourth-order valence-electron chi connectivity index (χ4n) is 3.06. The zero-order valence-corrected chi connectivity index (χ0v) is 12.4. The first-order valence-corrected chi connectivity index (χ1v) is 7.64. The molecule has 0 spiro atoms. The highest BCUT2D eigenvalue weighted by atomic mass is 35.5. The predicted octanol–water partition coefficient (Wildman–Crippen LogP) is 2.60. The van der Waals surface area contributed by atoms with Gasteiger partial charge in [-0.1, -0.05) is 30.7 Å². The smallest absolute Gasteiger partial charge is 0.233 e. The summed E-state index contributed by atoms with van der Waals surface area (Å²) in [6, 6.07) is 7.60. The maximum atomic E-state index is 12.8. The minimum Gasteiger partial charge on any atom is -0.391 e. The third kappa shape index (κ3) is 2.33. The summed E-state index contributed by atoms with van der Waals surface area (Å²) in [6.07, 6.45) is 2.28. The zero-order chi connectivity index (χ0) is 14.3. The van der Waals surface area contributed by atoms with Crippen LogP contribution in [0, 0.1) is 5.92 Å². The lowest BCUT2D eigenvalue weighted by atomic mass is 9.91. The molecule has 1 aliphatic carbocycles. The lowest BCUT2D eigenvalue weighted by molar-refractivity contribution is -0.138. The van der Waals surface area contributed by atoms with E-state index in [1.165, 1.54) is 0 Å². The van der Waals surface area contributed by atoms with Crippen molar-refractivity contribution in [3.05, 3.63) is 34.9 Å². The van der Waals surface area contributed by atoms with Crippen molar-refractivity contribution in [1.29, 1.82) is 0 Å². The van der Waals surface area contributed by atoms with Crippen molar-refractivity contribution in [1.82, 2.24) is 4.90 Å². The van der Waals surface area contributed by atoms with Crippen LogP contribution in [0.25, 0.3) is 0 Å². The number of β-amino-alcohol motifs (C(OH)–C–C–N with tert-alkyl or cyclic N) is 1. The number of rotatable bonds is 2. The van der Waals surface area contributed by atoms with Crippen molar-refractivity contribution in [2.75, 3.05) is 13.1 Å². The number of carbonyl (C=O) groups excluding carboxylic acids is 1. The molecule has 3 rings (SSSR count). The monoisotopic (exact) mass is 293 g/mol. The van der Waals surface area contributed by atoms with Crippen molar-refractivity contribution >= 4 is 17.5 Å². The molecule has 20 heavy (non-hydrogen) atoms. The molecule has 1 aliphatic heterocycles. The second-order valence-corrected chi connectivity index (χ2v) is 6.61. The second-order valence-electron chi connectivity index (χ2n) is 6.17. The Morgan fingerprint density at radius 2 is 2.00 bits per heavy atom. The number of carbonyl (C=O) groups is 1. The number of halogens is 1. The molecule has 3 nitrogen and oxygen atoms in total. The Kier molecular flexibility index (Phi) is 3.51. The van der Waals surface area contributed by atoms with Crippen LogP contribution in [0.15, 0.2) is 24.3 Å². The van der Waals surface area contributed by atoms with E-state index < -0.39 is 6.10 Å². The summed E-state index contributed by atoms with van der Waals surface area (Å²) in [6.45, 7) is 3.26. The van der Waals surface area contributed by atoms with Gasteiger partial charge in [0, 0.05) is 18.1 Å². The van der Waals surface area contributed by atoms with Crippen molar-refractivity contribution in [3.8, 4) is 0 Å². The molecule has 0 bridgehead atoms. The summed E-state index contributed by atoms with van der Waals surface area (Å²) in [5.41, 5.74) is 0.699. The molecule has 1 heterocycles. The first-order chi connectivity index (χ1) is 9.53. The predicted molar refractivity (Wildman–Crippen MR) is 78.7 cm³/mol. The van der Waals surface area contributed by atoms with Crippen LogP contribution in [0.4, 0.5) is 0 Å². The number of hydrogen-bond donors (Lipinski definition) is 1. The maximum Gasteiger partial charge on any atom is 0.233 e. The van der Waals surface area contributed by atoms with Crippen molar-refractivity contribution < 1.29 is 9.90 Å². The number of nitrogens with zero attached hydrogens (tertiary/aromatic N) is 1. The molecule has 0 radical (unpaired) electrons. The summed E-state index contributed by atoms with van der Waals surface area (Å²) >= 11 is 5.92. The molecule has 4 heteroatoms. The van der Waals surface area contributed by atoms with Gasteiger partial charge in [0.1, 0.15) is 0 Å². The van der Waals surface area contributed by atoms with Crippen LogP contribution in [0.5, 0.6) is 0 Å². The van der Waals surface area contributed by atoms with Crippen LogP contribution in [0.1, 0.15) is 31.7 Å². The number of hydrogen-bond acceptors (Lipinski definition) is 2. The number of benzene rings is 1. The number of aliphatic hydroxyl groups is 1. The summed E-state index contributed by atoms with van der Waals surface area (Å²) in [5, 5.41) is 10.7. The van der Waals surface area contributed by atoms with E-state index in [-0.39, 0.29) is 17.2 Å². The quantitative estimate of drug-likeness (QED) is 0.910. The summed E-state index contributed by atoms with van der Waals surface area (Å²) in [5.74, 6) is 0.454. The van der Waals surface area contributed by atoms with E-state index in [2.05, 4.69) is 0 Å². The Hall–Kier alpha value is -1.06. The average molecular weight is 294 g/mol. The Morgan fingerprint density at radius 1 is 1.35 bits per heavy atom. The Labute approximate surface area is 124 Å². The normalized spacial score (nSPS) is 28.2. The molecule has 2 fully saturated rings. The zero-order valence-electron chi connectivity index (χ0n) is 11.7. The van der Waals surface area contributed by atoms with E-state index in [0.717, 1.165) is 31.4 Å². The van der Waals surface area contributed by atoms with Gasteiger partial charge in [0.25, 0.3) is 0 Å². The van der Waals surface area contributed by atoms with Crippen molar-refractivity contribution in [2.24, 2.45) is 5.92 Å². The highest BCUT2D eigenvalue weighted by molar-refractivity contribution is 6.30. The minimum absolute atomic E-state index is 0.172. The lowest BCUT2D eigenvalue weighted by Gasteiger charge is -2.36. The SMILES string of the molecule is CC1CCN(C(=O)C2(c3ccc(Cl)cc3)CC2)CC1O. The standard InChI is InChI=1S/C16H20ClNO2/c1-11-6-9-18(10-14(11)19)15(20)16(7-8-16)12-2-4-13(17)5-3-12/h2-5,11,14,19H,6-10H2,1H3. The number of amides is 1. The van der Waals surface area contributed by atoms with E-state index in [4.69, 9.17) is 11.6 Å². The van der Waals surface area contributed by atoms with Crippen molar-refractivity contribution in [3.63, 3.8) is 0 Å². The summed E-state index contributed by atoms with van der Waals surface area (Å²) in [4.78, 5) is 14.6. The highest BCUT2D eigenvalue weighted by Crippen LogP contribution is 2.50. The molecule has 2 atom stereocenters.